The van der Waals surface area contributed by atoms with Crippen molar-refractivity contribution in [1.29, 1.82) is 0 Å². The van der Waals surface area contributed by atoms with Gasteiger partial charge in [-0.3, -0.25) is 9.59 Å². The van der Waals surface area contributed by atoms with Gasteiger partial charge in [-0.2, -0.15) is 0 Å². The summed E-state index contributed by atoms with van der Waals surface area (Å²) in [4.78, 5) is 33.8. The van der Waals surface area contributed by atoms with E-state index in [2.05, 4.69) is 12.7 Å². The maximum Gasteiger partial charge on any atom is 0.239 e. The summed E-state index contributed by atoms with van der Waals surface area (Å²) in [5.41, 5.74) is 3.12. The molecule has 3 aliphatic carbocycles. The van der Waals surface area contributed by atoms with Gasteiger partial charge >= 0.3 is 0 Å². The highest BCUT2D eigenvalue weighted by Gasteiger charge is 2.65. The third-order valence-electron chi connectivity index (χ3n) is 12.6. The van der Waals surface area contributed by atoms with Crippen LogP contribution >= 0.6 is 0 Å². The summed E-state index contributed by atoms with van der Waals surface area (Å²) in [5, 5.41) is 24.5. The van der Waals surface area contributed by atoms with Crippen LogP contribution in [-0.4, -0.2) is 85.4 Å². The minimum Gasteiger partial charge on any atom is -0.496 e. The number of hydrogen-bond acceptors (Lipinski definition) is 10. The molecule has 0 spiro atoms. The Balaban J connectivity index is 1.51. The van der Waals surface area contributed by atoms with Gasteiger partial charge in [-0.15, -0.1) is 6.58 Å². The number of methoxy groups -OCH3 is 1. The molecule has 6 rings (SSSR count). The lowest BCUT2D eigenvalue weighted by Gasteiger charge is -2.59. The molecule has 4 aliphatic rings. The molecule has 0 bridgehead atoms. The number of carbonyl (C=O) groups is 2. The zero-order valence-corrected chi connectivity index (χ0v) is 34.0. The number of oxime groups is 1. The number of aldehydes is 1. The Kier molecular flexibility index (Phi) is 14.9. The van der Waals surface area contributed by atoms with Crippen molar-refractivity contribution in [1.82, 2.24) is 4.90 Å². The van der Waals surface area contributed by atoms with Crippen molar-refractivity contribution in [2.75, 3.05) is 40.6 Å². The first-order valence-electron chi connectivity index (χ1n) is 21.1. The van der Waals surface area contributed by atoms with Crippen molar-refractivity contribution < 1.29 is 43.6 Å². The third-order valence-corrected chi connectivity index (χ3v) is 12.6. The number of rotatable bonds is 21. The highest BCUT2D eigenvalue weighted by Crippen LogP contribution is 2.62. The number of likely N-dealkylation sites (N-methyl/N-ethyl adjacent to an activating group) is 1. The minimum atomic E-state index is -1.29. The Morgan fingerprint density at radius 3 is 2.47 bits per heavy atom. The number of ether oxygens (including phenoxy) is 4. The molecule has 0 saturated heterocycles. The van der Waals surface area contributed by atoms with Crippen molar-refractivity contribution in [2.24, 2.45) is 28.8 Å². The van der Waals surface area contributed by atoms with Gasteiger partial charge in [-0.1, -0.05) is 55.8 Å². The summed E-state index contributed by atoms with van der Waals surface area (Å²) >= 11 is 0. The molecule has 2 saturated carbocycles. The summed E-state index contributed by atoms with van der Waals surface area (Å²) in [5.74, 6) is 1.17. The molecule has 0 aromatic heterocycles. The normalized spacial score (nSPS) is 25.8. The maximum absolute atomic E-state index is 14.3. The standard InChI is InChI=1S/C46H62N2O9/c1-5-25-54-46-42(48(3)43(52)22-17-31-13-7-8-14-31)29-39(47-55-6-2)37-27-32(15-9-11-23-49)36(16-10-12-24-50)44(45(37)46)38-28-35(19-21-41(38)57-46)56-34-18-20-40(53-4)33(26-34)30-51/h5,18-21,26-28,30-32,36,42,44-45,49-50H,1,6-17,22-25,29H2,2-4H3/t32-,36+,42-,44+,45+,46+/m0/s1. The topological polar surface area (TPSA) is 136 Å². The Morgan fingerprint density at radius 2 is 1.77 bits per heavy atom. The summed E-state index contributed by atoms with van der Waals surface area (Å²) in [7, 11) is 3.40. The fourth-order valence-corrected chi connectivity index (χ4v) is 9.91. The number of aliphatic hydroxyl groups is 2. The van der Waals surface area contributed by atoms with E-state index in [4.69, 9.17) is 28.9 Å². The van der Waals surface area contributed by atoms with Gasteiger partial charge in [-0.25, -0.2) is 0 Å². The molecule has 0 radical (unpaired) electrons. The summed E-state index contributed by atoms with van der Waals surface area (Å²) in [6, 6.07) is 10.4. The van der Waals surface area contributed by atoms with Crippen LogP contribution in [0.4, 0.5) is 0 Å². The van der Waals surface area contributed by atoms with Crippen LogP contribution in [0, 0.1) is 23.7 Å². The van der Waals surface area contributed by atoms with Crippen molar-refractivity contribution in [2.45, 2.75) is 108 Å². The predicted molar refractivity (Wildman–Crippen MR) is 219 cm³/mol. The molecule has 2 aromatic rings. The van der Waals surface area contributed by atoms with Gasteiger partial charge < -0.3 is 38.9 Å². The average Bonchev–Trinajstić information content (AvgIpc) is 3.76. The SMILES string of the molecule is C=CCO[C@@]12Oc3ccc(Oc4ccc(OC)c(C=O)c4)cc3[C@H]3[C@H](CCCCO)[C@@H](CCCCO)C=C(C(=NOCC)C[C@@H]1N(C)C(=O)CCC1CCCC1)[C@H]32. The Labute approximate surface area is 338 Å². The second kappa shape index (κ2) is 20.0. The van der Waals surface area contributed by atoms with E-state index in [1.165, 1.54) is 32.8 Å². The summed E-state index contributed by atoms with van der Waals surface area (Å²) in [6.45, 7) is 6.75. The third kappa shape index (κ3) is 9.26. The van der Waals surface area contributed by atoms with Crippen LogP contribution in [0.2, 0.25) is 0 Å². The second-order valence-electron chi connectivity index (χ2n) is 16.0. The highest BCUT2D eigenvalue weighted by atomic mass is 16.7. The van der Waals surface area contributed by atoms with Crippen molar-refractivity contribution in [3.63, 3.8) is 0 Å². The van der Waals surface area contributed by atoms with Crippen LogP contribution < -0.4 is 14.2 Å². The van der Waals surface area contributed by atoms with Gasteiger partial charge in [0.25, 0.3) is 0 Å². The number of aliphatic hydroxyl groups excluding tert-OH is 2. The molecule has 1 aliphatic heterocycles. The van der Waals surface area contributed by atoms with Gasteiger partial charge in [0, 0.05) is 44.6 Å². The molecule has 2 aromatic carbocycles. The molecule has 11 heteroatoms. The summed E-state index contributed by atoms with van der Waals surface area (Å²) in [6.07, 6.45) is 16.0. The monoisotopic (exact) mass is 786 g/mol. The number of hydrogen-bond donors (Lipinski definition) is 2. The Morgan fingerprint density at radius 1 is 1.04 bits per heavy atom. The molecule has 11 nitrogen and oxygen atoms in total. The van der Waals surface area contributed by atoms with E-state index in [0.717, 1.165) is 55.2 Å². The number of fused-ring (bicyclic) bond motifs is 2. The van der Waals surface area contributed by atoms with Gasteiger partial charge in [0.15, 0.2) is 6.29 Å². The number of amides is 1. The van der Waals surface area contributed by atoms with E-state index in [1.54, 1.807) is 24.3 Å². The lowest BCUT2D eigenvalue weighted by molar-refractivity contribution is -0.255. The van der Waals surface area contributed by atoms with Crippen LogP contribution in [-0.2, 0) is 14.4 Å². The smallest absolute Gasteiger partial charge is 0.239 e. The largest absolute Gasteiger partial charge is 0.496 e. The highest BCUT2D eigenvalue weighted by molar-refractivity contribution is 6.03. The predicted octanol–water partition coefficient (Wildman–Crippen LogP) is 8.38. The molecule has 1 heterocycles. The number of carbonyl (C=O) groups excluding carboxylic acids is 2. The fourth-order valence-electron chi connectivity index (χ4n) is 9.91. The van der Waals surface area contributed by atoms with Crippen molar-refractivity contribution >= 4 is 17.9 Å². The van der Waals surface area contributed by atoms with Gasteiger partial charge in [0.05, 0.1) is 30.9 Å². The van der Waals surface area contributed by atoms with Crippen molar-refractivity contribution in [3.8, 4) is 23.0 Å². The molecule has 6 atom stereocenters. The molecule has 57 heavy (non-hydrogen) atoms. The maximum atomic E-state index is 14.3. The van der Waals surface area contributed by atoms with Crippen LogP contribution in [0.15, 0.2) is 65.9 Å². The van der Waals surface area contributed by atoms with E-state index in [0.29, 0.717) is 66.8 Å². The fraction of sp³-hybridized carbons (Fsp3) is 0.587. The first-order valence-corrected chi connectivity index (χ1v) is 21.1. The minimum absolute atomic E-state index is 0.0535. The van der Waals surface area contributed by atoms with E-state index in [9.17, 15) is 19.8 Å². The Hall–Kier alpha value is -4.19. The molecule has 310 valence electrons. The average molecular weight is 787 g/mol. The molecular weight excluding hydrogens is 725 g/mol. The van der Waals surface area contributed by atoms with E-state index < -0.39 is 11.8 Å². The molecule has 0 unspecified atom stereocenters. The Bertz CT molecular complexity index is 1750. The van der Waals surface area contributed by atoms with Gasteiger partial charge in [0.2, 0.25) is 11.7 Å². The van der Waals surface area contributed by atoms with Crippen LogP contribution in [0.5, 0.6) is 23.0 Å². The zero-order chi connectivity index (χ0) is 40.4. The van der Waals surface area contributed by atoms with Crippen LogP contribution in [0.25, 0.3) is 0 Å². The van der Waals surface area contributed by atoms with Crippen molar-refractivity contribution in [3.05, 3.63) is 71.8 Å². The number of allylic oxidation sites excluding steroid dienone is 1. The lowest BCUT2D eigenvalue weighted by atomic mass is 9.55. The first kappa shape index (κ1) is 42.4. The van der Waals surface area contributed by atoms with E-state index >= 15 is 0 Å². The summed E-state index contributed by atoms with van der Waals surface area (Å²) < 4.78 is 26.1. The lowest BCUT2D eigenvalue weighted by Crippen LogP contribution is -2.69. The number of benzene rings is 2. The zero-order valence-electron chi connectivity index (χ0n) is 34.0. The molecule has 2 fully saturated rings. The van der Waals surface area contributed by atoms with E-state index in [1.807, 2.05) is 37.1 Å². The first-order chi connectivity index (χ1) is 27.8. The van der Waals surface area contributed by atoms with Crippen LogP contribution in [0.3, 0.4) is 0 Å². The van der Waals surface area contributed by atoms with E-state index in [-0.39, 0.29) is 49.4 Å². The number of unbranched alkanes of at least 4 members (excludes halogenated alkanes) is 2. The van der Waals surface area contributed by atoms with Gasteiger partial charge in [-0.05, 0) is 98.8 Å². The number of nitrogens with zero attached hydrogens (tertiary/aromatic N) is 2. The molecule has 1 amide bonds. The molecule has 2 N–H and O–H groups in total. The second-order valence-corrected chi connectivity index (χ2v) is 16.0. The quantitative estimate of drug-likeness (QED) is 0.0554. The van der Waals surface area contributed by atoms with Crippen LogP contribution in [0.1, 0.15) is 112 Å². The van der Waals surface area contributed by atoms with Gasteiger partial charge in [0.1, 0.15) is 35.6 Å². The molecular formula is C46H62N2O9.